The Kier molecular flexibility index (Phi) is 6.78. The van der Waals surface area contributed by atoms with Crippen LogP contribution in [0.4, 0.5) is 0 Å². The molecule has 2 aliphatic heterocycles. The van der Waals surface area contributed by atoms with Crippen molar-refractivity contribution in [3.05, 3.63) is 30.3 Å². The minimum absolute atomic E-state index is 0.0845. The molecule has 0 spiro atoms. The molecule has 0 aliphatic carbocycles. The molecule has 0 aromatic heterocycles. The van der Waals surface area contributed by atoms with Crippen LogP contribution >= 0.6 is 0 Å². The van der Waals surface area contributed by atoms with Crippen LogP contribution in [0.3, 0.4) is 0 Å². The standard InChI is InChI=1S/C21H33N3O3S/c1-16-13-17(2)15-24(14-16)21(25)18(3)23-11-9-19(10-12-23)22-28(26,27)20-7-5-4-6-8-20/h4-8,16-19,22H,9-15H2,1-3H3/t16-,17+,18-/m1/s1. The van der Waals surface area contributed by atoms with Crippen molar-refractivity contribution in [3.8, 4) is 0 Å². The number of amides is 1. The third-order valence-electron chi connectivity index (χ3n) is 5.99. The lowest BCUT2D eigenvalue weighted by Crippen LogP contribution is -2.54. The van der Waals surface area contributed by atoms with Gasteiger partial charge in [-0.05, 0) is 50.2 Å². The SMILES string of the molecule is C[C@@H]1C[C@H](C)CN(C(=O)[C@@H](C)N2CCC(NS(=O)(=O)c3ccccc3)CC2)C1. The molecule has 1 aromatic carbocycles. The Bertz CT molecular complexity index is 750. The van der Waals surface area contributed by atoms with E-state index in [4.69, 9.17) is 0 Å². The Balaban J connectivity index is 1.52. The fraction of sp³-hybridized carbons (Fsp3) is 0.667. The summed E-state index contributed by atoms with van der Waals surface area (Å²) in [5, 5.41) is 0. The summed E-state index contributed by atoms with van der Waals surface area (Å²) in [6.07, 6.45) is 2.62. The molecule has 0 radical (unpaired) electrons. The Labute approximate surface area is 169 Å². The zero-order valence-corrected chi connectivity index (χ0v) is 18.0. The minimum Gasteiger partial charge on any atom is -0.341 e. The molecule has 1 aromatic rings. The number of hydrogen-bond donors (Lipinski definition) is 1. The number of carbonyl (C=O) groups excluding carboxylic acids is 1. The van der Waals surface area contributed by atoms with Crippen molar-refractivity contribution in [2.24, 2.45) is 11.8 Å². The molecule has 156 valence electrons. The minimum atomic E-state index is -3.49. The van der Waals surface area contributed by atoms with Crippen LogP contribution in [0.25, 0.3) is 0 Å². The van der Waals surface area contributed by atoms with Gasteiger partial charge in [0.15, 0.2) is 0 Å². The maximum Gasteiger partial charge on any atom is 0.240 e. The van der Waals surface area contributed by atoms with Crippen LogP contribution in [0.5, 0.6) is 0 Å². The molecular formula is C21H33N3O3S. The highest BCUT2D eigenvalue weighted by Gasteiger charge is 2.33. The van der Waals surface area contributed by atoms with E-state index in [1.165, 1.54) is 6.42 Å². The van der Waals surface area contributed by atoms with Gasteiger partial charge in [0.25, 0.3) is 0 Å². The summed E-state index contributed by atoms with van der Waals surface area (Å²) >= 11 is 0. The van der Waals surface area contributed by atoms with E-state index in [0.29, 0.717) is 16.7 Å². The molecule has 0 bridgehead atoms. The van der Waals surface area contributed by atoms with Gasteiger partial charge in [-0.1, -0.05) is 32.0 Å². The van der Waals surface area contributed by atoms with Gasteiger partial charge in [-0.3, -0.25) is 9.69 Å². The van der Waals surface area contributed by atoms with Crippen LogP contribution in [0.2, 0.25) is 0 Å². The number of hydrogen-bond acceptors (Lipinski definition) is 4. The number of benzene rings is 1. The third kappa shape index (κ3) is 5.13. The van der Waals surface area contributed by atoms with Gasteiger partial charge in [0.1, 0.15) is 0 Å². The van der Waals surface area contributed by atoms with Gasteiger partial charge in [-0.25, -0.2) is 13.1 Å². The number of carbonyl (C=O) groups is 1. The van der Waals surface area contributed by atoms with E-state index in [-0.39, 0.29) is 18.0 Å². The molecule has 3 atom stereocenters. The van der Waals surface area contributed by atoms with Gasteiger partial charge in [0, 0.05) is 32.2 Å². The maximum atomic E-state index is 13.0. The fourth-order valence-electron chi connectivity index (χ4n) is 4.56. The van der Waals surface area contributed by atoms with Gasteiger partial charge in [0.2, 0.25) is 15.9 Å². The van der Waals surface area contributed by atoms with E-state index < -0.39 is 10.0 Å². The molecule has 2 aliphatic rings. The normalized spacial score (nSPS) is 26.2. The van der Waals surface area contributed by atoms with E-state index in [1.807, 2.05) is 11.8 Å². The number of nitrogens with zero attached hydrogens (tertiary/aromatic N) is 2. The van der Waals surface area contributed by atoms with Gasteiger partial charge in [0.05, 0.1) is 10.9 Å². The van der Waals surface area contributed by atoms with Crippen LogP contribution in [0.15, 0.2) is 35.2 Å². The van der Waals surface area contributed by atoms with Crippen LogP contribution in [-0.4, -0.2) is 62.4 Å². The molecule has 2 fully saturated rings. The van der Waals surface area contributed by atoms with Crippen LogP contribution in [0.1, 0.15) is 40.0 Å². The number of piperidine rings is 2. The Morgan fingerprint density at radius 3 is 2.21 bits per heavy atom. The average Bonchev–Trinajstić information content (AvgIpc) is 2.67. The molecular weight excluding hydrogens is 374 g/mol. The molecule has 0 saturated carbocycles. The lowest BCUT2D eigenvalue weighted by atomic mass is 9.91. The predicted octanol–water partition coefficient (Wildman–Crippen LogP) is 2.32. The van der Waals surface area contributed by atoms with E-state index >= 15 is 0 Å². The molecule has 1 amide bonds. The first kappa shape index (κ1) is 21.3. The summed E-state index contributed by atoms with van der Waals surface area (Å²) in [4.78, 5) is 17.5. The molecule has 28 heavy (non-hydrogen) atoms. The third-order valence-corrected chi connectivity index (χ3v) is 7.53. The first-order chi connectivity index (χ1) is 13.3. The molecule has 7 heteroatoms. The molecule has 0 unspecified atom stereocenters. The summed E-state index contributed by atoms with van der Waals surface area (Å²) in [5.74, 6) is 1.32. The van der Waals surface area contributed by atoms with Crippen LogP contribution < -0.4 is 4.72 Å². The van der Waals surface area contributed by atoms with Crippen molar-refractivity contribution >= 4 is 15.9 Å². The van der Waals surface area contributed by atoms with Crippen molar-refractivity contribution in [2.45, 2.75) is 57.0 Å². The number of rotatable bonds is 5. The van der Waals surface area contributed by atoms with Gasteiger partial charge >= 0.3 is 0 Å². The topological polar surface area (TPSA) is 69.7 Å². The van der Waals surface area contributed by atoms with Gasteiger partial charge < -0.3 is 4.90 Å². The molecule has 6 nitrogen and oxygen atoms in total. The highest BCUT2D eigenvalue weighted by Crippen LogP contribution is 2.23. The lowest BCUT2D eigenvalue weighted by molar-refractivity contribution is -0.139. The highest BCUT2D eigenvalue weighted by molar-refractivity contribution is 7.89. The molecule has 2 heterocycles. The second-order valence-corrected chi connectivity index (χ2v) is 10.3. The number of sulfonamides is 1. The second-order valence-electron chi connectivity index (χ2n) is 8.61. The van der Waals surface area contributed by atoms with Gasteiger partial charge in [-0.2, -0.15) is 0 Å². The van der Waals surface area contributed by atoms with Crippen molar-refractivity contribution in [2.75, 3.05) is 26.2 Å². The molecule has 3 rings (SSSR count). The van der Waals surface area contributed by atoms with Crippen molar-refractivity contribution < 1.29 is 13.2 Å². The van der Waals surface area contributed by atoms with E-state index in [0.717, 1.165) is 39.0 Å². The summed E-state index contributed by atoms with van der Waals surface area (Å²) in [5.41, 5.74) is 0. The predicted molar refractivity (Wildman–Crippen MR) is 110 cm³/mol. The largest absolute Gasteiger partial charge is 0.341 e. The summed E-state index contributed by atoms with van der Waals surface area (Å²) in [6, 6.07) is 8.25. The smallest absolute Gasteiger partial charge is 0.240 e. The Morgan fingerprint density at radius 2 is 1.64 bits per heavy atom. The average molecular weight is 408 g/mol. The van der Waals surface area contributed by atoms with E-state index in [9.17, 15) is 13.2 Å². The summed E-state index contributed by atoms with van der Waals surface area (Å²) in [7, 11) is -3.49. The fourth-order valence-corrected chi connectivity index (χ4v) is 5.88. The Hall–Kier alpha value is -1.44. The Morgan fingerprint density at radius 1 is 1.07 bits per heavy atom. The second kappa shape index (κ2) is 8.93. The zero-order chi connectivity index (χ0) is 20.3. The van der Waals surface area contributed by atoms with E-state index in [2.05, 4.69) is 23.5 Å². The first-order valence-corrected chi connectivity index (χ1v) is 11.8. The monoisotopic (exact) mass is 407 g/mol. The van der Waals surface area contributed by atoms with Crippen molar-refractivity contribution in [1.29, 1.82) is 0 Å². The quantitative estimate of drug-likeness (QED) is 0.813. The molecule has 1 N–H and O–H groups in total. The van der Waals surface area contributed by atoms with Crippen molar-refractivity contribution in [3.63, 3.8) is 0 Å². The number of likely N-dealkylation sites (tertiary alicyclic amines) is 2. The zero-order valence-electron chi connectivity index (χ0n) is 17.2. The highest BCUT2D eigenvalue weighted by atomic mass is 32.2. The summed E-state index contributed by atoms with van der Waals surface area (Å²) < 4.78 is 27.8. The van der Waals surface area contributed by atoms with E-state index in [1.54, 1.807) is 30.3 Å². The van der Waals surface area contributed by atoms with Gasteiger partial charge in [-0.15, -0.1) is 0 Å². The lowest BCUT2D eigenvalue weighted by Gasteiger charge is -2.40. The maximum absolute atomic E-state index is 13.0. The summed E-state index contributed by atoms with van der Waals surface area (Å²) in [6.45, 7) is 9.57. The number of nitrogens with one attached hydrogen (secondary N) is 1. The molecule has 2 saturated heterocycles. The first-order valence-electron chi connectivity index (χ1n) is 10.4. The van der Waals surface area contributed by atoms with Crippen LogP contribution in [-0.2, 0) is 14.8 Å². The van der Waals surface area contributed by atoms with Crippen LogP contribution in [0, 0.1) is 11.8 Å². The van der Waals surface area contributed by atoms with Crippen molar-refractivity contribution in [1.82, 2.24) is 14.5 Å².